The lowest BCUT2D eigenvalue weighted by Crippen LogP contribution is -2.15. The fourth-order valence-corrected chi connectivity index (χ4v) is 2.24. The summed E-state index contributed by atoms with van der Waals surface area (Å²) in [5, 5.41) is 4.00. The molecule has 0 saturated carbocycles. The van der Waals surface area contributed by atoms with E-state index in [4.69, 9.17) is 5.73 Å². The van der Waals surface area contributed by atoms with Crippen molar-refractivity contribution in [2.45, 2.75) is 6.92 Å². The third kappa shape index (κ3) is 2.31. The van der Waals surface area contributed by atoms with Crippen molar-refractivity contribution in [2.24, 2.45) is 12.8 Å². The van der Waals surface area contributed by atoms with Gasteiger partial charge >= 0.3 is 0 Å². The van der Waals surface area contributed by atoms with Crippen LogP contribution in [0.4, 0.5) is 11.5 Å². The van der Waals surface area contributed by atoms with Crippen molar-refractivity contribution < 1.29 is 4.79 Å². The van der Waals surface area contributed by atoms with Crippen molar-refractivity contribution in [1.29, 1.82) is 0 Å². The van der Waals surface area contributed by atoms with Crippen LogP contribution in [0, 0.1) is 6.92 Å². The van der Waals surface area contributed by atoms with Crippen LogP contribution < -0.4 is 11.1 Å². The van der Waals surface area contributed by atoms with Crippen molar-refractivity contribution in [2.75, 3.05) is 5.32 Å². The maximum atomic E-state index is 11.4. The van der Waals surface area contributed by atoms with Gasteiger partial charge in [0.2, 0.25) is 0 Å². The lowest BCUT2D eigenvalue weighted by molar-refractivity contribution is 0.0993. The Morgan fingerprint density at radius 2 is 1.95 bits per heavy atom. The van der Waals surface area contributed by atoms with Gasteiger partial charge in [-0.2, -0.15) is 0 Å². The molecule has 106 valence electrons. The minimum Gasteiger partial charge on any atom is -0.364 e. The number of nitrogens with two attached hydrogens (primary N) is 1. The zero-order valence-corrected chi connectivity index (χ0v) is 11.8. The number of aryl methyl sites for hydroxylation is 2. The monoisotopic (exact) mass is 281 g/mol. The second kappa shape index (κ2) is 4.90. The summed E-state index contributed by atoms with van der Waals surface area (Å²) in [5.41, 5.74) is 8.54. The molecule has 1 amide bonds. The summed E-state index contributed by atoms with van der Waals surface area (Å²) < 4.78 is 1.67. The number of benzene rings is 1. The van der Waals surface area contributed by atoms with E-state index >= 15 is 0 Å². The summed E-state index contributed by atoms with van der Waals surface area (Å²) in [4.78, 5) is 19.9. The number of rotatable bonds is 3. The summed E-state index contributed by atoms with van der Waals surface area (Å²) >= 11 is 0. The number of nitrogens with one attached hydrogen (secondary N) is 1. The van der Waals surface area contributed by atoms with Gasteiger partial charge in [-0.25, -0.2) is 9.97 Å². The topological polar surface area (TPSA) is 85.8 Å². The Morgan fingerprint density at radius 1 is 1.24 bits per heavy atom. The first-order valence-corrected chi connectivity index (χ1v) is 6.50. The van der Waals surface area contributed by atoms with Gasteiger partial charge in [0, 0.05) is 12.7 Å². The number of fused-ring (bicyclic) bond motifs is 1. The van der Waals surface area contributed by atoms with Gasteiger partial charge in [-0.1, -0.05) is 17.7 Å². The molecule has 0 fully saturated rings. The number of aromatic nitrogens is 3. The molecule has 0 bridgehead atoms. The van der Waals surface area contributed by atoms with Crippen LogP contribution in [-0.2, 0) is 7.05 Å². The molecule has 0 aliphatic rings. The predicted octanol–water partition coefficient (Wildman–Crippen LogP) is 2.12. The first-order valence-electron chi connectivity index (χ1n) is 6.50. The number of anilines is 2. The highest BCUT2D eigenvalue weighted by molar-refractivity contribution is 6.00. The highest BCUT2D eigenvalue weighted by Gasteiger charge is 2.14. The molecule has 2 heterocycles. The quantitative estimate of drug-likeness (QED) is 0.770. The van der Waals surface area contributed by atoms with Crippen LogP contribution >= 0.6 is 0 Å². The lowest BCUT2D eigenvalue weighted by Gasteiger charge is -2.06. The number of primary amides is 1. The van der Waals surface area contributed by atoms with E-state index < -0.39 is 5.91 Å². The van der Waals surface area contributed by atoms with Crippen LogP contribution in [0.1, 0.15) is 16.1 Å². The molecule has 1 aromatic carbocycles. The van der Waals surface area contributed by atoms with E-state index in [1.807, 2.05) is 31.2 Å². The molecule has 0 atom stereocenters. The second-order valence-electron chi connectivity index (χ2n) is 4.90. The normalized spacial score (nSPS) is 10.8. The Kier molecular flexibility index (Phi) is 3.06. The standard InChI is InChI=1S/C15H15N5O/c1-9-3-5-10(6-4-9)19-14-11-7-12(13(16)21)20(2)15(11)18-8-17-14/h3-8H,1-2H3,(H2,16,21)(H,17,18,19). The molecule has 0 radical (unpaired) electrons. The third-order valence-electron chi connectivity index (χ3n) is 3.39. The third-order valence-corrected chi connectivity index (χ3v) is 3.39. The van der Waals surface area contributed by atoms with Gasteiger partial charge in [-0.05, 0) is 25.1 Å². The number of nitrogens with zero attached hydrogens (tertiary/aromatic N) is 3. The van der Waals surface area contributed by atoms with Gasteiger partial charge in [-0.3, -0.25) is 4.79 Å². The Balaban J connectivity index is 2.08. The molecule has 6 heteroatoms. The number of hydrogen-bond acceptors (Lipinski definition) is 4. The van der Waals surface area contributed by atoms with Crippen LogP contribution in [0.15, 0.2) is 36.7 Å². The molecular weight excluding hydrogens is 266 g/mol. The smallest absolute Gasteiger partial charge is 0.265 e. The second-order valence-corrected chi connectivity index (χ2v) is 4.90. The van der Waals surface area contributed by atoms with Crippen LogP contribution in [0.2, 0.25) is 0 Å². The van der Waals surface area contributed by atoms with E-state index in [2.05, 4.69) is 15.3 Å². The predicted molar refractivity (Wildman–Crippen MR) is 81.5 cm³/mol. The summed E-state index contributed by atoms with van der Waals surface area (Å²) in [6, 6.07) is 9.68. The van der Waals surface area contributed by atoms with E-state index in [9.17, 15) is 4.79 Å². The van der Waals surface area contributed by atoms with E-state index in [-0.39, 0.29) is 0 Å². The van der Waals surface area contributed by atoms with Crippen molar-refractivity contribution in [1.82, 2.24) is 14.5 Å². The minimum atomic E-state index is -0.489. The molecule has 3 rings (SSSR count). The minimum absolute atomic E-state index is 0.400. The zero-order valence-electron chi connectivity index (χ0n) is 11.8. The molecule has 0 spiro atoms. The number of carbonyl (C=O) groups excluding carboxylic acids is 1. The maximum absolute atomic E-state index is 11.4. The molecule has 3 aromatic rings. The highest BCUT2D eigenvalue weighted by atomic mass is 16.1. The Bertz CT molecular complexity index is 820. The fourth-order valence-electron chi connectivity index (χ4n) is 2.24. The van der Waals surface area contributed by atoms with Gasteiger partial charge < -0.3 is 15.6 Å². The van der Waals surface area contributed by atoms with Gasteiger partial charge in [0.15, 0.2) is 0 Å². The van der Waals surface area contributed by atoms with Gasteiger partial charge in [-0.15, -0.1) is 0 Å². The van der Waals surface area contributed by atoms with Gasteiger partial charge in [0.1, 0.15) is 23.5 Å². The van der Waals surface area contributed by atoms with Crippen molar-refractivity contribution in [3.8, 4) is 0 Å². The highest BCUT2D eigenvalue weighted by Crippen LogP contribution is 2.25. The molecule has 6 nitrogen and oxygen atoms in total. The molecule has 0 aliphatic carbocycles. The molecule has 0 unspecified atom stereocenters. The molecule has 3 N–H and O–H groups in total. The van der Waals surface area contributed by atoms with E-state index in [1.165, 1.54) is 11.9 Å². The summed E-state index contributed by atoms with van der Waals surface area (Å²) in [6.07, 6.45) is 1.46. The van der Waals surface area contributed by atoms with Crippen LogP contribution in [0.3, 0.4) is 0 Å². The molecule has 2 aromatic heterocycles. The molecule has 0 saturated heterocycles. The average Bonchev–Trinajstić information content (AvgIpc) is 2.80. The first kappa shape index (κ1) is 13.1. The van der Waals surface area contributed by atoms with Crippen molar-refractivity contribution in [3.05, 3.63) is 47.9 Å². The van der Waals surface area contributed by atoms with E-state index in [1.54, 1.807) is 17.7 Å². The molecule has 21 heavy (non-hydrogen) atoms. The summed E-state index contributed by atoms with van der Waals surface area (Å²) in [6.45, 7) is 2.03. The van der Waals surface area contributed by atoms with Crippen LogP contribution in [-0.4, -0.2) is 20.4 Å². The molecular formula is C15H15N5O. The van der Waals surface area contributed by atoms with E-state index in [0.29, 0.717) is 17.2 Å². The lowest BCUT2D eigenvalue weighted by atomic mass is 10.2. The maximum Gasteiger partial charge on any atom is 0.265 e. The average molecular weight is 281 g/mol. The van der Waals surface area contributed by atoms with Gasteiger partial charge in [0.05, 0.1) is 5.39 Å². The fraction of sp³-hybridized carbons (Fsp3) is 0.133. The number of hydrogen-bond donors (Lipinski definition) is 2. The van der Waals surface area contributed by atoms with Crippen molar-refractivity contribution in [3.63, 3.8) is 0 Å². The van der Waals surface area contributed by atoms with Crippen LogP contribution in [0.5, 0.6) is 0 Å². The van der Waals surface area contributed by atoms with Crippen LogP contribution in [0.25, 0.3) is 11.0 Å². The largest absolute Gasteiger partial charge is 0.364 e. The Hall–Kier alpha value is -2.89. The summed E-state index contributed by atoms with van der Waals surface area (Å²) in [7, 11) is 1.76. The Labute approximate surface area is 121 Å². The first-order chi connectivity index (χ1) is 10.1. The van der Waals surface area contributed by atoms with E-state index in [0.717, 1.165) is 11.1 Å². The summed E-state index contributed by atoms with van der Waals surface area (Å²) in [5.74, 6) is 0.156. The SMILES string of the molecule is Cc1ccc(Nc2ncnc3c2cc(C(N)=O)n3C)cc1. The van der Waals surface area contributed by atoms with Gasteiger partial charge in [0.25, 0.3) is 5.91 Å². The van der Waals surface area contributed by atoms with Crippen molar-refractivity contribution >= 4 is 28.4 Å². The Morgan fingerprint density at radius 3 is 2.62 bits per heavy atom. The number of amides is 1. The molecule has 0 aliphatic heterocycles. The zero-order chi connectivity index (χ0) is 15.0. The number of carbonyl (C=O) groups is 1.